The standard InChI is InChI=1S/C25H39N3O3/c1-16-13-20-14-21(11-12-23(20)28(18(16)3)19(4)29)26(8)15-22-10-9-17(2)27(22)24(30)31-25(5,6)7/h11-12,14,16-18,22H,9-10,13,15H2,1-8H3/t16-,17?,18+,22?/m1/s1. The molecule has 31 heavy (non-hydrogen) atoms. The molecule has 2 amide bonds. The first-order valence-corrected chi connectivity index (χ1v) is 11.5. The van der Waals surface area contributed by atoms with Gasteiger partial charge in [0.1, 0.15) is 5.60 Å². The fourth-order valence-corrected chi connectivity index (χ4v) is 4.97. The molecule has 2 unspecified atom stereocenters. The predicted octanol–water partition coefficient (Wildman–Crippen LogP) is 4.84. The third-order valence-corrected chi connectivity index (χ3v) is 6.75. The van der Waals surface area contributed by atoms with Gasteiger partial charge in [0, 0.05) is 44.0 Å². The second-order valence-electron chi connectivity index (χ2n) is 10.5. The topological polar surface area (TPSA) is 53.1 Å². The zero-order valence-electron chi connectivity index (χ0n) is 20.4. The summed E-state index contributed by atoms with van der Waals surface area (Å²) in [6.07, 6.45) is 2.71. The lowest BCUT2D eigenvalue weighted by Gasteiger charge is -2.39. The molecule has 0 aromatic heterocycles. The van der Waals surface area contributed by atoms with E-state index in [9.17, 15) is 9.59 Å². The van der Waals surface area contributed by atoms with Crippen LogP contribution in [0, 0.1) is 5.92 Å². The summed E-state index contributed by atoms with van der Waals surface area (Å²) in [4.78, 5) is 31.1. The van der Waals surface area contributed by atoms with E-state index in [1.165, 1.54) is 5.56 Å². The number of hydrogen-bond donors (Lipinski definition) is 0. The molecule has 0 N–H and O–H groups in total. The molecule has 0 aliphatic carbocycles. The van der Waals surface area contributed by atoms with Crippen molar-refractivity contribution in [3.63, 3.8) is 0 Å². The van der Waals surface area contributed by atoms with Gasteiger partial charge in [-0.3, -0.25) is 4.79 Å². The van der Waals surface area contributed by atoms with E-state index in [2.05, 4.69) is 50.9 Å². The Kier molecular flexibility index (Phi) is 6.59. The van der Waals surface area contributed by atoms with Gasteiger partial charge in [0.15, 0.2) is 0 Å². The zero-order valence-corrected chi connectivity index (χ0v) is 20.4. The normalized spacial score (nSPS) is 25.9. The van der Waals surface area contributed by atoms with Crippen molar-refractivity contribution in [3.05, 3.63) is 23.8 Å². The second kappa shape index (κ2) is 8.71. The molecule has 0 radical (unpaired) electrons. The van der Waals surface area contributed by atoms with Gasteiger partial charge in [-0.1, -0.05) is 6.92 Å². The second-order valence-corrected chi connectivity index (χ2v) is 10.5. The van der Waals surface area contributed by atoms with E-state index in [1.807, 2.05) is 30.6 Å². The predicted molar refractivity (Wildman–Crippen MR) is 126 cm³/mol. The van der Waals surface area contributed by atoms with Crippen molar-refractivity contribution < 1.29 is 14.3 Å². The minimum absolute atomic E-state index is 0.0920. The third-order valence-electron chi connectivity index (χ3n) is 6.75. The number of nitrogens with zero attached hydrogens (tertiary/aromatic N) is 3. The summed E-state index contributed by atoms with van der Waals surface area (Å²) >= 11 is 0. The highest BCUT2D eigenvalue weighted by Crippen LogP contribution is 2.36. The van der Waals surface area contributed by atoms with Gasteiger partial charge in [-0.15, -0.1) is 0 Å². The van der Waals surface area contributed by atoms with Crippen LogP contribution < -0.4 is 9.80 Å². The Morgan fingerprint density at radius 1 is 1.16 bits per heavy atom. The summed E-state index contributed by atoms with van der Waals surface area (Å²) in [5.74, 6) is 0.504. The van der Waals surface area contributed by atoms with E-state index >= 15 is 0 Å². The summed E-state index contributed by atoms with van der Waals surface area (Å²) < 4.78 is 5.67. The molecule has 0 bridgehead atoms. The Bertz CT molecular complexity index is 832. The number of likely N-dealkylation sites (tertiary alicyclic amines) is 1. The minimum atomic E-state index is -0.495. The summed E-state index contributed by atoms with van der Waals surface area (Å²) in [6, 6.07) is 6.89. The third kappa shape index (κ3) is 4.99. The first kappa shape index (κ1) is 23.4. The van der Waals surface area contributed by atoms with Crippen LogP contribution in [-0.2, 0) is 16.0 Å². The number of carbonyl (C=O) groups is 2. The zero-order chi connectivity index (χ0) is 23.1. The van der Waals surface area contributed by atoms with Crippen LogP contribution in [-0.4, -0.2) is 54.2 Å². The molecule has 0 spiro atoms. The van der Waals surface area contributed by atoms with Gasteiger partial charge < -0.3 is 19.4 Å². The largest absolute Gasteiger partial charge is 0.444 e. The Morgan fingerprint density at radius 2 is 1.84 bits per heavy atom. The summed E-state index contributed by atoms with van der Waals surface area (Å²) in [7, 11) is 2.08. The molecular weight excluding hydrogens is 390 g/mol. The van der Waals surface area contributed by atoms with E-state index in [0.717, 1.165) is 37.2 Å². The number of amides is 2. The average molecular weight is 430 g/mol. The highest BCUT2D eigenvalue weighted by Gasteiger charge is 2.38. The summed E-state index contributed by atoms with van der Waals surface area (Å²) in [6.45, 7) is 14.6. The lowest BCUT2D eigenvalue weighted by molar-refractivity contribution is -0.117. The van der Waals surface area contributed by atoms with Gasteiger partial charge in [0.25, 0.3) is 0 Å². The number of hydrogen-bond acceptors (Lipinski definition) is 4. The molecule has 6 heteroatoms. The number of ether oxygens (including phenoxy) is 1. The maximum Gasteiger partial charge on any atom is 0.410 e. The van der Waals surface area contributed by atoms with E-state index < -0.39 is 5.60 Å². The van der Waals surface area contributed by atoms with E-state index in [-0.39, 0.29) is 30.1 Å². The smallest absolute Gasteiger partial charge is 0.410 e. The fraction of sp³-hybridized carbons (Fsp3) is 0.680. The Labute approximate surface area is 187 Å². The molecule has 0 saturated carbocycles. The maximum absolute atomic E-state index is 12.8. The number of fused-ring (bicyclic) bond motifs is 1. The number of likely N-dealkylation sites (N-methyl/N-ethyl adjacent to an activating group) is 1. The van der Waals surface area contributed by atoms with Gasteiger partial charge in [-0.05, 0) is 83.6 Å². The monoisotopic (exact) mass is 429 g/mol. The maximum atomic E-state index is 12.8. The Balaban J connectivity index is 1.78. The van der Waals surface area contributed by atoms with Crippen molar-refractivity contribution in [2.45, 2.75) is 91.5 Å². The molecule has 3 rings (SSSR count). The summed E-state index contributed by atoms with van der Waals surface area (Å²) in [5.41, 5.74) is 2.87. The molecule has 1 aromatic rings. The molecule has 1 aromatic carbocycles. The van der Waals surface area contributed by atoms with Crippen molar-refractivity contribution in [2.24, 2.45) is 5.92 Å². The number of carbonyl (C=O) groups excluding carboxylic acids is 2. The molecular formula is C25H39N3O3. The average Bonchev–Trinajstić information content (AvgIpc) is 3.00. The van der Waals surface area contributed by atoms with Crippen LogP contribution in [0.15, 0.2) is 18.2 Å². The number of anilines is 2. The van der Waals surface area contributed by atoms with Crippen molar-refractivity contribution >= 4 is 23.4 Å². The van der Waals surface area contributed by atoms with Crippen molar-refractivity contribution in [2.75, 3.05) is 23.4 Å². The van der Waals surface area contributed by atoms with E-state index in [4.69, 9.17) is 4.74 Å². The highest BCUT2D eigenvalue weighted by atomic mass is 16.6. The summed E-state index contributed by atoms with van der Waals surface area (Å²) in [5, 5.41) is 0. The van der Waals surface area contributed by atoms with Gasteiger partial charge in [-0.2, -0.15) is 0 Å². The van der Waals surface area contributed by atoms with Crippen LogP contribution in [0.5, 0.6) is 0 Å². The van der Waals surface area contributed by atoms with Gasteiger partial charge >= 0.3 is 6.09 Å². The molecule has 2 aliphatic heterocycles. The number of rotatable bonds is 3. The van der Waals surface area contributed by atoms with Crippen LogP contribution in [0.1, 0.15) is 66.9 Å². The van der Waals surface area contributed by atoms with E-state index in [1.54, 1.807) is 6.92 Å². The molecule has 4 atom stereocenters. The van der Waals surface area contributed by atoms with Gasteiger partial charge in [0.2, 0.25) is 5.91 Å². The lowest BCUT2D eigenvalue weighted by atomic mass is 9.87. The quantitative estimate of drug-likeness (QED) is 0.690. The van der Waals surface area contributed by atoms with Crippen LogP contribution >= 0.6 is 0 Å². The number of benzene rings is 1. The molecule has 1 saturated heterocycles. The van der Waals surface area contributed by atoms with Crippen molar-refractivity contribution in [1.29, 1.82) is 0 Å². The van der Waals surface area contributed by atoms with Crippen LogP contribution in [0.3, 0.4) is 0 Å². The van der Waals surface area contributed by atoms with Crippen LogP contribution in [0.25, 0.3) is 0 Å². The minimum Gasteiger partial charge on any atom is -0.444 e. The lowest BCUT2D eigenvalue weighted by Crippen LogP contribution is -2.47. The fourth-order valence-electron chi connectivity index (χ4n) is 4.97. The Morgan fingerprint density at radius 3 is 2.45 bits per heavy atom. The Hall–Kier alpha value is -2.24. The van der Waals surface area contributed by atoms with Gasteiger partial charge in [0.05, 0.1) is 6.04 Å². The molecule has 6 nitrogen and oxygen atoms in total. The first-order chi connectivity index (χ1) is 14.4. The SMILES string of the molecule is CC(=O)N1c2ccc(N(C)CC3CCC(C)N3C(=O)OC(C)(C)C)cc2C[C@@H](C)[C@@H]1C. The first-order valence-electron chi connectivity index (χ1n) is 11.5. The van der Waals surface area contributed by atoms with Crippen molar-refractivity contribution in [3.8, 4) is 0 Å². The highest BCUT2D eigenvalue weighted by molar-refractivity contribution is 5.94. The van der Waals surface area contributed by atoms with Gasteiger partial charge in [-0.25, -0.2) is 4.79 Å². The molecule has 1 fully saturated rings. The molecule has 2 aliphatic rings. The van der Waals surface area contributed by atoms with Crippen LogP contribution in [0.2, 0.25) is 0 Å². The van der Waals surface area contributed by atoms with Crippen LogP contribution in [0.4, 0.5) is 16.2 Å². The molecule has 172 valence electrons. The molecule has 2 heterocycles. The van der Waals surface area contributed by atoms with Crippen molar-refractivity contribution in [1.82, 2.24) is 4.90 Å². The van der Waals surface area contributed by atoms with E-state index in [0.29, 0.717) is 5.92 Å².